The third-order valence-corrected chi connectivity index (χ3v) is 2.90. The van der Waals surface area contributed by atoms with E-state index in [2.05, 4.69) is 17.9 Å². The van der Waals surface area contributed by atoms with E-state index >= 15 is 0 Å². The van der Waals surface area contributed by atoms with Crippen LogP contribution >= 0.6 is 0 Å². The van der Waals surface area contributed by atoms with Gasteiger partial charge in [-0.15, -0.1) is 0 Å². The molecule has 0 aromatic carbocycles. The standard InChI is InChI=1S/C12H22N2/c1-4-8-14(11-5-6-11)9-7-12(2,3)10-13/h11H,4-9H2,1-3H3. The SMILES string of the molecule is CCCN(CCC(C)(C)C#N)C1CC1. The molecule has 0 aromatic rings. The zero-order chi connectivity index (χ0) is 10.6. The molecule has 0 radical (unpaired) electrons. The van der Waals surface area contributed by atoms with Crippen molar-refractivity contribution in [3.8, 4) is 6.07 Å². The molecule has 0 atom stereocenters. The molecule has 1 saturated carbocycles. The molecule has 2 nitrogen and oxygen atoms in total. The second-order valence-electron chi connectivity index (χ2n) is 5.01. The van der Waals surface area contributed by atoms with Crippen molar-refractivity contribution in [3.05, 3.63) is 0 Å². The highest BCUT2D eigenvalue weighted by Crippen LogP contribution is 2.29. The molecular weight excluding hydrogens is 172 g/mol. The highest BCUT2D eigenvalue weighted by Gasteiger charge is 2.29. The van der Waals surface area contributed by atoms with Gasteiger partial charge in [0.2, 0.25) is 0 Å². The summed E-state index contributed by atoms with van der Waals surface area (Å²) < 4.78 is 0. The summed E-state index contributed by atoms with van der Waals surface area (Å²) in [7, 11) is 0. The molecule has 14 heavy (non-hydrogen) atoms. The van der Waals surface area contributed by atoms with E-state index in [4.69, 9.17) is 5.26 Å². The van der Waals surface area contributed by atoms with E-state index in [9.17, 15) is 0 Å². The summed E-state index contributed by atoms with van der Waals surface area (Å²) in [5.41, 5.74) is -0.152. The minimum atomic E-state index is -0.152. The fraction of sp³-hybridized carbons (Fsp3) is 0.917. The van der Waals surface area contributed by atoms with E-state index in [1.807, 2.05) is 13.8 Å². The fourth-order valence-electron chi connectivity index (χ4n) is 1.68. The monoisotopic (exact) mass is 194 g/mol. The summed E-state index contributed by atoms with van der Waals surface area (Å²) in [5.74, 6) is 0. The lowest BCUT2D eigenvalue weighted by molar-refractivity contribution is 0.233. The average Bonchev–Trinajstić information content (AvgIpc) is 2.95. The first-order chi connectivity index (χ1) is 6.59. The van der Waals surface area contributed by atoms with E-state index in [1.165, 1.54) is 25.8 Å². The molecule has 0 spiro atoms. The van der Waals surface area contributed by atoms with Gasteiger partial charge in [-0.25, -0.2) is 0 Å². The Morgan fingerprint density at radius 2 is 2.00 bits per heavy atom. The number of nitrogens with zero attached hydrogens (tertiary/aromatic N) is 2. The van der Waals surface area contributed by atoms with Crippen LogP contribution in [0.5, 0.6) is 0 Å². The maximum Gasteiger partial charge on any atom is 0.0684 e. The van der Waals surface area contributed by atoms with Crippen LogP contribution in [-0.4, -0.2) is 24.0 Å². The topological polar surface area (TPSA) is 27.0 Å². The first-order valence-electron chi connectivity index (χ1n) is 5.74. The number of hydrogen-bond acceptors (Lipinski definition) is 2. The van der Waals surface area contributed by atoms with Gasteiger partial charge in [0.15, 0.2) is 0 Å². The highest BCUT2D eigenvalue weighted by molar-refractivity contribution is 4.93. The van der Waals surface area contributed by atoms with Crippen LogP contribution in [-0.2, 0) is 0 Å². The Labute approximate surface area is 87.9 Å². The van der Waals surface area contributed by atoms with Crippen LogP contribution in [0, 0.1) is 16.7 Å². The van der Waals surface area contributed by atoms with Gasteiger partial charge in [-0.3, -0.25) is 0 Å². The molecule has 0 heterocycles. The molecule has 1 rings (SSSR count). The average molecular weight is 194 g/mol. The van der Waals surface area contributed by atoms with Gasteiger partial charge in [0.1, 0.15) is 0 Å². The van der Waals surface area contributed by atoms with Crippen LogP contribution in [0.2, 0.25) is 0 Å². The van der Waals surface area contributed by atoms with Crippen molar-refractivity contribution < 1.29 is 0 Å². The molecular formula is C12H22N2. The highest BCUT2D eigenvalue weighted by atomic mass is 15.2. The van der Waals surface area contributed by atoms with Gasteiger partial charge < -0.3 is 4.90 Å². The molecule has 0 N–H and O–H groups in total. The van der Waals surface area contributed by atoms with Crippen molar-refractivity contribution in [2.75, 3.05) is 13.1 Å². The lowest BCUT2D eigenvalue weighted by Crippen LogP contribution is -2.30. The predicted molar refractivity (Wildman–Crippen MR) is 58.9 cm³/mol. The number of hydrogen-bond donors (Lipinski definition) is 0. The minimum absolute atomic E-state index is 0.152. The minimum Gasteiger partial charge on any atom is -0.300 e. The molecule has 0 saturated heterocycles. The Balaban J connectivity index is 2.30. The Hall–Kier alpha value is -0.550. The van der Waals surface area contributed by atoms with Crippen molar-refractivity contribution in [2.45, 2.75) is 52.5 Å². The molecule has 80 valence electrons. The van der Waals surface area contributed by atoms with E-state index in [0.29, 0.717) is 0 Å². The first kappa shape index (κ1) is 11.5. The zero-order valence-electron chi connectivity index (χ0n) is 9.71. The molecule has 2 heteroatoms. The quantitative estimate of drug-likeness (QED) is 0.650. The zero-order valence-corrected chi connectivity index (χ0v) is 9.71. The molecule has 0 amide bonds. The van der Waals surface area contributed by atoms with Gasteiger partial charge >= 0.3 is 0 Å². The van der Waals surface area contributed by atoms with E-state index in [1.54, 1.807) is 0 Å². The summed E-state index contributed by atoms with van der Waals surface area (Å²) in [6.45, 7) is 8.59. The Morgan fingerprint density at radius 3 is 2.43 bits per heavy atom. The van der Waals surface area contributed by atoms with Crippen LogP contribution in [0.15, 0.2) is 0 Å². The van der Waals surface area contributed by atoms with Crippen LogP contribution in [0.1, 0.15) is 46.5 Å². The molecule has 1 aliphatic rings. The second kappa shape index (κ2) is 4.79. The smallest absolute Gasteiger partial charge is 0.0684 e. The largest absolute Gasteiger partial charge is 0.300 e. The summed E-state index contributed by atoms with van der Waals surface area (Å²) >= 11 is 0. The van der Waals surface area contributed by atoms with Gasteiger partial charge in [-0.2, -0.15) is 5.26 Å². The summed E-state index contributed by atoms with van der Waals surface area (Å²) in [5, 5.41) is 8.92. The van der Waals surface area contributed by atoms with Crippen molar-refractivity contribution in [3.63, 3.8) is 0 Å². The van der Waals surface area contributed by atoms with Gasteiger partial charge in [-0.1, -0.05) is 6.92 Å². The van der Waals surface area contributed by atoms with Crippen LogP contribution < -0.4 is 0 Å². The number of nitriles is 1. The van der Waals surface area contributed by atoms with Crippen LogP contribution in [0.4, 0.5) is 0 Å². The van der Waals surface area contributed by atoms with Crippen molar-refractivity contribution in [2.24, 2.45) is 5.41 Å². The lowest BCUT2D eigenvalue weighted by Gasteiger charge is -2.24. The van der Waals surface area contributed by atoms with Crippen molar-refractivity contribution in [1.82, 2.24) is 4.90 Å². The van der Waals surface area contributed by atoms with Gasteiger partial charge in [0.05, 0.1) is 11.5 Å². The maximum atomic E-state index is 8.92. The van der Waals surface area contributed by atoms with E-state index < -0.39 is 0 Å². The Morgan fingerprint density at radius 1 is 1.36 bits per heavy atom. The summed E-state index contributed by atoms with van der Waals surface area (Å²) in [6.07, 6.45) is 4.96. The van der Waals surface area contributed by atoms with Gasteiger partial charge in [0.25, 0.3) is 0 Å². The fourth-order valence-corrected chi connectivity index (χ4v) is 1.68. The Kier molecular flexibility index (Phi) is 3.95. The third kappa shape index (κ3) is 3.67. The molecule has 0 aromatic heterocycles. The van der Waals surface area contributed by atoms with Crippen molar-refractivity contribution >= 4 is 0 Å². The van der Waals surface area contributed by atoms with Gasteiger partial charge in [0, 0.05) is 6.04 Å². The molecule has 1 fully saturated rings. The predicted octanol–water partition coefficient (Wildman–Crippen LogP) is 2.80. The normalized spacial score (nSPS) is 17.1. The summed E-state index contributed by atoms with van der Waals surface area (Å²) in [6, 6.07) is 3.21. The molecule has 0 aliphatic heterocycles. The van der Waals surface area contributed by atoms with Crippen LogP contribution in [0.3, 0.4) is 0 Å². The van der Waals surface area contributed by atoms with E-state index in [-0.39, 0.29) is 5.41 Å². The molecule has 0 unspecified atom stereocenters. The number of rotatable bonds is 6. The maximum absolute atomic E-state index is 8.92. The third-order valence-electron chi connectivity index (χ3n) is 2.90. The Bertz CT molecular complexity index is 211. The summed E-state index contributed by atoms with van der Waals surface area (Å²) in [4.78, 5) is 2.55. The van der Waals surface area contributed by atoms with E-state index in [0.717, 1.165) is 19.0 Å². The van der Waals surface area contributed by atoms with Crippen LogP contribution in [0.25, 0.3) is 0 Å². The van der Waals surface area contributed by atoms with Gasteiger partial charge in [-0.05, 0) is 52.6 Å². The second-order valence-corrected chi connectivity index (χ2v) is 5.01. The van der Waals surface area contributed by atoms with Crippen molar-refractivity contribution in [1.29, 1.82) is 5.26 Å². The molecule has 0 bridgehead atoms. The lowest BCUT2D eigenvalue weighted by atomic mass is 9.91. The molecule has 1 aliphatic carbocycles. The first-order valence-corrected chi connectivity index (χ1v) is 5.74.